The monoisotopic (exact) mass is 698 g/mol. The van der Waals surface area contributed by atoms with Crippen LogP contribution < -0.4 is 9.64 Å². The van der Waals surface area contributed by atoms with Gasteiger partial charge in [0.25, 0.3) is 0 Å². The second-order valence-corrected chi connectivity index (χ2v) is 12.6. The van der Waals surface area contributed by atoms with E-state index in [0.29, 0.717) is 36.7 Å². The number of amides is 2. The highest BCUT2D eigenvalue weighted by Gasteiger charge is 2.46. The van der Waals surface area contributed by atoms with Crippen LogP contribution in [-0.2, 0) is 28.6 Å². The number of carbonyl (C=O) groups excluding carboxylic acids is 2. The van der Waals surface area contributed by atoms with Gasteiger partial charge in [0, 0.05) is 19.2 Å². The van der Waals surface area contributed by atoms with Crippen LogP contribution in [0.25, 0.3) is 5.57 Å². The predicted octanol–water partition coefficient (Wildman–Crippen LogP) is 9.27. The normalized spacial score (nSPS) is 20.2. The molecule has 2 aromatic carbocycles. The van der Waals surface area contributed by atoms with E-state index in [1.165, 1.54) is 11.8 Å². The zero-order valence-electron chi connectivity index (χ0n) is 26.4. The predicted molar refractivity (Wildman–Crippen MR) is 154 cm³/mol. The van der Waals surface area contributed by atoms with Crippen molar-refractivity contribution in [3.05, 3.63) is 63.7 Å². The number of hydrogen-bond acceptors (Lipinski definition) is 4. The van der Waals surface area contributed by atoms with E-state index in [9.17, 15) is 53.5 Å². The van der Waals surface area contributed by atoms with Gasteiger partial charge in [0.15, 0.2) is 0 Å². The summed E-state index contributed by atoms with van der Waals surface area (Å²) in [6, 6.07) is 2.99. The van der Waals surface area contributed by atoms with E-state index in [4.69, 9.17) is 9.47 Å². The summed E-state index contributed by atoms with van der Waals surface area (Å²) in [5.74, 6) is -2.88. The molecule has 2 aromatic rings. The number of methoxy groups -OCH3 is 1. The van der Waals surface area contributed by atoms with E-state index >= 15 is 0 Å². The van der Waals surface area contributed by atoms with Crippen molar-refractivity contribution in [1.82, 2.24) is 4.90 Å². The molecule has 1 fully saturated rings. The van der Waals surface area contributed by atoms with Crippen LogP contribution in [0.1, 0.15) is 74.0 Å². The molecule has 4 rings (SSSR count). The first-order valence-electron chi connectivity index (χ1n) is 14.6. The van der Waals surface area contributed by atoms with Crippen LogP contribution in [-0.4, -0.2) is 49.8 Å². The Labute approximate surface area is 269 Å². The molecule has 2 aliphatic rings. The number of cyclic esters (lactones) is 1. The minimum atomic E-state index is -5.48. The summed E-state index contributed by atoms with van der Waals surface area (Å²) >= 11 is 0. The molecule has 1 aliphatic heterocycles. The number of hydrogen-bond donors (Lipinski definition) is 0. The second kappa shape index (κ2) is 12.8. The Hall–Kier alpha value is -3.98. The van der Waals surface area contributed by atoms with Gasteiger partial charge in [-0.3, -0.25) is 9.69 Å². The van der Waals surface area contributed by atoms with Crippen LogP contribution in [0.2, 0.25) is 0 Å². The fourth-order valence-electron chi connectivity index (χ4n) is 6.16. The van der Waals surface area contributed by atoms with E-state index in [-0.39, 0.29) is 46.7 Å². The topological polar surface area (TPSA) is 59.1 Å². The van der Waals surface area contributed by atoms with Crippen LogP contribution in [0.3, 0.4) is 0 Å². The Morgan fingerprint density at radius 1 is 1.02 bits per heavy atom. The summed E-state index contributed by atoms with van der Waals surface area (Å²) in [5.41, 5.74) is -3.72. The van der Waals surface area contributed by atoms with Crippen LogP contribution in [0.5, 0.6) is 5.75 Å². The second-order valence-electron chi connectivity index (χ2n) is 12.6. The van der Waals surface area contributed by atoms with E-state index in [1.54, 1.807) is 0 Å². The van der Waals surface area contributed by atoms with Gasteiger partial charge in [-0.15, -0.1) is 0 Å². The van der Waals surface area contributed by atoms with E-state index in [0.717, 1.165) is 25.3 Å². The lowest BCUT2D eigenvalue weighted by molar-refractivity contribution is -0.170. The molecule has 0 spiro atoms. The minimum absolute atomic E-state index is 0.0324. The van der Waals surface area contributed by atoms with Crippen LogP contribution >= 0.6 is 0 Å². The molecule has 1 saturated heterocycles. The van der Waals surface area contributed by atoms with Crippen LogP contribution in [0.4, 0.5) is 54.4 Å². The standard InChI is InChI=1S/C32H32F10N2O4/c1-16-26(18-8-17(14-33)9-20(10-18)30(34,35)36)48-28(46)44(16)15-19-13-29(2,3)7-6-21(19)22-11-24(43(4)27(45)32(40,41)42)23(31(37,38)39)12-25(22)47-5/h8-12,16,26H,6-7,13-15H2,1-5H3/t16-,26-/m0/s1. The first-order valence-corrected chi connectivity index (χ1v) is 14.6. The molecule has 2 atom stereocenters. The molecular formula is C32H32F10N2O4. The SMILES string of the molecule is COc1cc(C(F)(F)F)c(N(C)C(=O)C(F)(F)F)cc1C1=C(CN2C(=O)O[C@H](c3cc(CF)cc(C(F)(F)F)c3)[C@@H]2C)CC(C)(C)CC1. The van der Waals surface area contributed by atoms with Crippen molar-refractivity contribution < 1.29 is 63.0 Å². The van der Waals surface area contributed by atoms with Crippen LogP contribution in [0.15, 0.2) is 35.9 Å². The van der Waals surface area contributed by atoms with Gasteiger partial charge in [0.1, 0.15) is 18.5 Å². The first kappa shape index (κ1) is 36.8. The molecule has 16 heteroatoms. The van der Waals surface area contributed by atoms with Gasteiger partial charge in [-0.05, 0) is 84.2 Å². The maximum Gasteiger partial charge on any atom is 0.471 e. The molecule has 2 amide bonds. The number of ether oxygens (including phenoxy) is 2. The van der Waals surface area contributed by atoms with E-state index < -0.39 is 71.6 Å². The average molecular weight is 699 g/mol. The van der Waals surface area contributed by atoms with Crippen molar-refractivity contribution in [2.45, 2.75) is 77.4 Å². The lowest BCUT2D eigenvalue weighted by Gasteiger charge is -2.36. The molecule has 0 N–H and O–H groups in total. The number of anilines is 1. The van der Waals surface area contributed by atoms with Crippen molar-refractivity contribution >= 4 is 23.3 Å². The summed E-state index contributed by atoms with van der Waals surface area (Å²) in [6.07, 6.45) is -16.7. The largest absolute Gasteiger partial charge is 0.496 e. The number of allylic oxidation sites excluding steroid dienone is 1. The molecule has 1 heterocycles. The van der Waals surface area contributed by atoms with Crippen LogP contribution in [0, 0.1) is 5.41 Å². The molecular weight excluding hydrogens is 666 g/mol. The third-order valence-corrected chi connectivity index (χ3v) is 8.61. The lowest BCUT2D eigenvalue weighted by atomic mass is 9.72. The zero-order chi connectivity index (χ0) is 36.1. The number of rotatable bonds is 7. The molecule has 0 bridgehead atoms. The van der Waals surface area contributed by atoms with Gasteiger partial charge in [0.05, 0.1) is 30.0 Å². The van der Waals surface area contributed by atoms with Gasteiger partial charge < -0.3 is 14.4 Å². The molecule has 0 saturated carbocycles. The third-order valence-electron chi connectivity index (χ3n) is 8.61. The highest BCUT2D eigenvalue weighted by atomic mass is 19.4. The maximum atomic E-state index is 14.1. The van der Waals surface area contributed by atoms with E-state index in [1.807, 2.05) is 13.8 Å². The van der Waals surface area contributed by atoms with Gasteiger partial charge in [-0.25, -0.2) is 9.18 Å². The number of halogens is 10. The van der Waals surface area contributed by atoms with Gasteiger partial charge in [-0.2, -0.15) is 39.5 Å². The molecule has 0 unspecified atom stereocenters. The van der Waals surface area contributed by atoms with Crippen molar-refractivity contribution in [2.75, 3.05) is 25.6 Å². The molecule has 264 valence electrons. The zero-order valence-corrected chi connectivity index (χ0v) is 26.4. The Morgan fingerprint density at radius 2 is 1.67 bits per heavy atom. The summed E-state index contributed by atoms with van der Waals surface area (Å²) < 4.78 is 147. The Morgan fingerprint density at radius 3 is 2.21 bits per heavy atom. The number of benzene rings is 2. The number of carbonyl (C=O) groups is 2. The fourth-order valence-corrected chi connectivity index (χ4v) is 6.16. The fraction of sp³-hybridized carbons (Fsp3) is 0.500. The Bertz CT molecular complexity index is 1610. The molecule has 6 nitrogen and oxygen atoms in total. The summed E-state index contributed by atoms with van der Waals surface area (Å²) in [4.78, 5) is 26.3. The summed E-state index contributed by atoms with van der Waals surface area (Å²) in [5, 5.41) is 0. The summed E-state index contributed by atoms with van der Waals surface area (Å²) in [6.45, 7) is 3.88. The van der Waals surface area contributed by atoms with E-state index in [2.05, 4.69) is 0 Å². The third kappa shape index (κ3) is 7.51. The van der Waals surface area contributed by atoms with Crippen molar-refractivity contribution in [3.63, 3.8) is 0 Å². The van der Waals surface area contributed by atoms with Crippen molar-refractivity contribution in [2.24, 2.45) is 5.41 Å². The highest BCUT2D eigenvalue weighted by molar-refractivity contribution is 5.98. The van der Waals surface area contributed by atoms with Crippen molar-refractivity contribution in [1.29, 1.82) is 0 Å². The first-order chi connectivity index (χ1) is 22.0. The van der Waals surface area contributed by atoms with Gasteiger partial charge in [-0.1, -0.05) is 13.8 Å². The minimum Gasteiger partial charge on any atom is -0.496 e. The number of nitrogens with zero attached hydrogens (tertiary/aromatic N) is 2. The molecule has 0 aromatic heterocycles. The molecule has 0 radical (unpaired) electrons. The quantitative estimate of drug-likeness (QED) is 0.271. The Kier molecular flexibility index (Phi) is 9.83. The lowest BCUT2D eigenvalue weighted by Crippen LogP contribution is -2.39. The molecule has 48 heavy (non-hydrogen) atoms. The Balaban J connectivity index is 1.83. The van der Waals surface area contributed by atoms with Gasteiger partial charge >= 0.3 is 30.5 Å². The smallest absolute Gasteiger partial charge is 0.471 e. The van der Waals surface area contributed by atoms with Crippen molar-refractivity contribution in [3.8, 4) is 5.75 Å². The molecule has 1 aliphatic carbocycles. The number of alkyl halides is 10. The summed E-state index contributed by atoms with van der Waals surface area (Å²) in [7, 11) is 1.64. The maximum absolute atomic E-state index is 14.1. The average Bonchev–Trinajstić information content (AvgIpc) is 3.26. The highest BCUT2D eigenvalue weighted by Crippen LogP contribution is 2.49. The van der Waals surface area contributed by atoms with Gasteiger partial charge in [0.2, 0.25) is 0 Å².